The fourth-order valence-corrected chi connectivity index (χ4v) is 0. The molecule has 0 aromatic carbocycles. The van der Waals surface area contributed by atoms with Crippen molar-refractivity contribution in [2.45, 2.75) is 0 Å². The van der Waals surface area contributed by atoms with Gasteiger partial charge in [-0.05, 0) is 0 Å². The molecule has 0 fully saturated rings. The molecule has 0 spiro atoms. The molecule has 0 saturated carbocycles. The van der Waals surface area contributed by atoms with Crippen molar-refractivity contribution < 1.29 is 89.0 Å². The topological polar surface area (TPSA) is 17.1 Å². The van der Waals surface area contributed by atoms with E-state index in [1.54, 1.807) is 15.9 Å². The molecule has 6 heteroatoms. The monoisotopic (exact) mass is 408 g/mol. The zero-order chi connectivity index (χ0) is 4.00. The van der Waals surface area contributed by atoms with Crippen LogP contribution in [0.1, 0.15) is 0 Å². The second kappa shape index (κ2) is 35.9. The second-order valence-corrected chi connectivity index (χ2v) is 0. The third-order valence-corrected chi connectivity index (χ3v) is 0. The molecule has 0 aromatic rings. The van der Waals surface area contributed by atoms with Gasteiger partial charge in [0.2, 0.25) is 0 Å². The molecule has 0 heterocycles. The molecule has 0 rings (SSSR count). The predicted octanol–water partition coefficient (Wildman–Crippen LogP) is -0.620. The van der Waals surface area contributed by atoms with Crippen LogP contribution in [0, 0.1) is 35.6 Å². The molecule has 0 aliphatic heterocycles. The summed E-state index contributed by atoms with van der Waals surface area (Å²) in [5.41, 5.74) is 0. The van der Waals surface area contributed by atoms with Crippen LogP contribution in [0.3, 0.4) is 0 Å². The molecule has 0 saturated heterocycles. The standard InChI is InChI=1S/FH.La.Mn.O.Sr.Y.2H/h1H;;;;;;;/q;;;;;+1;;/p-1. The fourth-order valence-electron chi connectivity index (χ4n) is 0. The molecule has 0 bridgehead atoms. The third kappa shape index (κ3) is 24.4. The Kier molecular flexibility index (Phi) is 134. The van der Waals surface area contributed by atoms with Gasteiger partial charge in [0.05, 0.1) is 0 Å². The summed E-state index contributed by atoms with van der Waals surface area (Å²) < 4.78 is 17.7. The first-order chi connectivity index (χ1) is 2.00. The van der Waals surface area contributed by atoms with Gasteiger partial charge in [-0.3, -0.25) is 0 Å². The molecule has 0 aliphatic rings. The normalized spacial score (nSPS) is 1.33. The molecule has 0 atom stereocenters. The molecule has 6 heavy (non-hydrogen) atoms. The maximum absolute atomic E-state index is 9.63. The summed E-state index contributed by atoms with van der Waals surface area (Å²) in [6.45, 7) is 0. The van der Waals surface area contributed by atoms with E-state index in [1.165, 1.54) is 0 Å². The molecule has 1 radical (unpaired) electrons. The summed E-state index contributed by atoms with van der Waals surface area (Å²) in [5.74, 6) is 0. The Hall–Kier alpha value is 4.03. The Morgan fingerprint density at radius 2 is 1.33 bits per heavy atom. The van der Waals surface area contributed by atoms with E-state index in [4.69, 9.17) is 3.83 Å². The van der Waals surface area contributed by atoms with E-state index in [2.05, 4.69) is 0 Å². The van der Waals surface area contributed by atoms with E-state index < -0.39 is 0 Å². The van der Waals surface area contributed by atoms with Gasteiger partial charge >= 0.3 is 98.8 Å². The van der Waals surface area contributed by atoms with Crippen LogP contribution >= 0.6 is 0 Å². The van der Waals surface area contributed by atoms with Gasteiger partial charge in [-0.1, -0.05) is 0 Å². The molecule has 0 aromatic heterocycles. The fraction of sp³-hybridized carbons (Fsp3) is 0. The van der Waals surface area contributed by atoms with E-state index in [0.717, 1.165) is 0 Å². The summed E-state index contributed by atoms with van der Waals surface area (Å²) >= 11 is 1.54. The SMILES string of the molecule is [F][Y].[La].[O]=[Mn].[SrH2]. The quantitative estimate of drug-likeness (QED) is 0.490. The summed E-state index contributed by atoms with van der Waals surface area (Å²) in [7, 11) is 0. The Morgan fingerprint density at radius 1 is 1.33 bits per heavy atom. The van der Waals surface area contributed by atoms with Crippen molar-refractivity contribution >= 4 is 45.5 Å². The van der Waals surface area contributed by atoms with Crippen molar-refractivity contribution in [3.63, 3.8) is 0 Å². The number of rotatable bonds is 0. The Balaban J connectivity index is -0.00000000500. The van der Waals surface area contributed by atoms with E-state index in [1.807, 2.05) is 0 Å². The minimum absolute atomic E-state index is 0. The van der Waals surface area contributed by atoms with Gasteiger partial charge in [-0.2, -0.15) is 0 Å². The van der Waals surface area contributed by atoms with Crippen molar-refractivity contribution in [2.75, 3.05) is 0 Å². The number of hydrogen-bond acceptors (Lipinski definition) is 1. The van der Waals surface area contributed by atoms with Crippen LogP contribution in [-0.2, 0) is 51.4 Å². The molecule has 0 aliphatic carbocycles. The molecule has 0 N–H and O–H groups in total. The van der Waals surface area contributed by atoms with Crippen molar-refractivity contribution in [1.29, 1.82) is 0 Å². The predicted molar refractivity (Wildman–Crippen MR) is 10.3 cm³/mol. The van der Waals surface area contributed by atoms with Crippen LogP contribution in [0.5, 0.6) is 0 Å². The molecular formula is H2FLaMnOSrY. The Bertz CT molecular complexity index is 15.5. The maximum atomic E-state index is 9.63. The zero-order valence-corrected chi connectivity index (χ0v) is 9.96. The number of halogens is 1. The van der Waals surface area contributed by atoms with Crippen LogP contribution in [-0.4, -0.2) is 45.5 Å². The van der Waals surface area contributed by atoms with Gasteiger partial charge in [-0.15, -0.1) is 0 Å². The van der Waals surface area contributed by atoms with Gasteiger partial charge in [0, 0.05) is 35.6 Å². The zero-order valence-electron chi connectivity index (χ0n) is 2.32. The average molecular weight is 407 g/mol. The molecular weight excluding hydrogens is 405 g/mol. The molecule has 30 valence electrons. The van der Waals surface area contributed by atoms with Crippen LogP contribution in [0.25, 0.3) is 0 Å². The average Bonchev–Trinajstić information content (AvgIpc) is 1.50. The first-order valence-corrected chi connectivity index (χ1v) is 1.93. The summed E-state index contributed by atoms with van der Waals surface area (Å²) in [6.07, 6.45) is 0. The van der Waals surface area contributed by atoms with Crippen LogP contribution in [0.15, 0.2) is 0 Å². The van der Waals surface area contributed by atoms with Gasteiger partial charge in [0.25, 0.3) is 0 Å². The van der Waals surface area contributed by atoms with Gasteiger partial charge in [0.1, 0.15) is 0 Å². The van der Waals surface area contributed by atoms with Crippen LogP contribution in [0.2, 0.25) is 0 Å². The van der Waals surface area contributed by atoms with Crippen molar-refractivity contribution in [1.82, 2.24) is 0 Å². The van der Waals surface area contributed by atoms with E-state index >= 15 is 0 Å². The summed E-state index contributed by atoms with van der Waals surface area (Å²) in [4.78, 5) is 0. The molecule has 0 amide bonds. The summed E-state index contributed by atoms with van der Waals surface area (Å²) in [6, 6.07) is 0. The third-order valence-electron chi connectivity index (χ3n) is 0. The van der Waals surface area contributed by atoms with Gasteiger partial charge < -0.3 is 0 Å². The first-order valence-electron chi connectivity index (χ1n) is 0.373. The Morgan fingerprint density at radius 3 is 1.33 bits per heavy atom. The van der Waals surface area contributed by atoms with Gasteiger partial charge in [-0.25, -0.2) is 0 Å². The van der Waals surface area contributed by atoms with E-state index in [0.29, 0.717) is 0 Å². The second-order valence-electron chi connectivity index (χ2n) is 0. The van der Waals surface area contributed by atoms with Crippen molar-refractivity contribution in [3.05, 3.63) is 0 Å². The van der Waals surface area contributed by atoms with Crippen LogP contribution in [0.4, 0.5) is 1.92 Å². The van der Waals surface area contributed by atoms with E-state index in [-0.39, 0.29) is 113 Å². The summed E-state index contributed by atoms with van der Waals surface area (Å²) in [5, 5.41) is 0. The van der Waals surface area contributed by atoms with Gasteiger partial charge in [0.15, 0.2) is 0 Å². The first kappa shape index (κ1) is 22.5. The Labute approximate surface area is 130 Å². The molecule has 1 nitrogen and oxygen atoms in total. The van der Waals surface area contributed by atoms with E-state index in [9.17, 15) is 1.92 Å². The van der Waals surface area contributed by atoms with Crippen molar-refractivity contribution in [3.8, 4) is 0 Å². The van der Waals surface area contributed by atoms with Crippen molar-refractivity contribution in [2.24, 2.45) is 0 Å². The number of hydrogen-bond donors (Lipinski definition) is 0. The minimum atomic E-state index is -0.150. The molecule has 0 unspecified atom stereocenters. The van der Waals surface area contributed by atoms with Crippen LogP contribution < -0.4 is 0 Å².